The highest BCUT2D eigenvalue weighted by molar-refractivity contribution is 5.42. The van der Waals surface area contributed by atoms with E-state index in [2.05, 4.69) is 51.2 Å². The highest BCUT2D eigenvalue weighted by Crippen LogP contribution is 2.36. The summed E-state index contributed by atoms with van der Waals surface area (Å²) in [6, 6.07) is 7.10. The zero-order valence-corrected chi connectivity index (χ0v) is 12.0. The molecule has 0 aromatic heterocycles. The van der Waals surface area contributed by atoms with Gasteiger partial charge in [-0.1, -0.05) is 32.9 Å². The summed E-state index contributed by atoms with van der Waals surface area (Å²) in [5.41, 5.74) is 2.74. The standard InChI is InChI=1S/C16H25NO/c1-5-8-17-15-9-12(4)18-16-7-6-13(11(2)3)10-14(15)16/h6-7,10-12,15,17H,5,8-9H2,1-4H3. The van der Waals surface area contributed by atoms with Crippen molar-refractivity contribution in [1.29, 1.82) is 0 Å². The lowest BCUT2D eigenvalue weighted by Gasteiger charge is -2.31. The van der Waals surface area contributed by atoms with E-state index in [0.717, 1.165) is 18.7 Å². The molecule has 1 aliphatic heterocycles. The number of hydrogen-bond donors (Lipinski definition) is 1. The maximum Gasteiger partial charge on any atom is 0.124 e. The van der Waals surface area contributed by atoms with Crippen molar-refractivity contribution in [2.45, 2.75) is 58.6 Å². The van der Waals surface area contributed by atoms with Gasteiger partial charge in [0.1, 0.15) is 5.75 Å². The molecule has 0 saturated heterocycles. The van der Waals surface area contributed by atoms with Gasteiger partial charge in [-0.2, -0.15) is 0 Å². The minimum atomic E-state index is 0.303. The quantitative estimate of drug-likeness (QED) is 0.867. The van der Waals surface area contributed by atoms with Crippen LogP contribution in [0.2, 0.25) is 0 Å². The van der Waals surface area contributed by atoms with Gasteiger partial charge >= 0.3 is 0 Å². The summed E-state index contributed by atoms with van der Waals surface area (Å²) >= 11 is 0. The molecule has 1 aliphatic rings. The van der Waals surface area contributed by atoms with Gasteiger partial charge in [-0.05, 0) is 37.4 Å². The molecule has 1 aromatic carbocycles. The van der Waals surface area contributed by atoms with E-state index >= 15 is 0 Å². The summed E-state index contributed by atoms with van der Waals surface area (Å²) in [5.74, 6) is 1.63. The summed E-state index contributed by atoms with van der Waals surface area (Å²) in [7, 11) is 0. The van der Waals surface area contributed by atoms with Gasteiger partial charge in [0.25, 0.3) is 0 Å². The van der Waals surface area contributed by atoms with Crippen molar-refractivity contribution in [2.75, 3.05) is 6.54 Å². The average molecular weight is 247 g/mol. The first kappa shape index (κ1) is 13.4. The van der Waals surface area contributed by atoms with Crippen molar-refractivity contribution in [3.63, 3.8) is 0 Å². The van der Waals surface area contributed by atoms with E-state index in [4.69, 9.17) is 4.74 Å². The minimum absolute atomic E-state index is 0.303. The van der Waals surface area contributed by atoms with Crippen molar-refractivity contribution in [2.24, 2.45) is 0 Å². The van der Waals surface area contributed by atoms with E-state index in [0.29, 0.717) is 18.1 Å². The van der Waals surface area contributed by atoms with E-state index in [-0.39, 0.29) is 0 Å². The van der Waals surface area contributed by atoms with Gasteiger partial charge in [0.15, 0.2) is 0 Å². The number of hydrogen-bond acceptors (Lipinski definition) is 2. The van der Waals surface area contributed by atoms with Crippen LogP contribution in [0.15, 0.2) is 18.2 Å². The van der Waals surface area contributed by atoms with Gasteiger partial charge in [-0.3, -0.25) is 0 Å². The first-order valence-electron chi connectivity index (χ1n) is 7.15. The second-order valence-corrected chi connectivity index (χ2v) is 5.62. The van der Waals surface area contributed by atoms with Crippen molar-refractivity contribution in [1.82, 2.24) is 5.32 Å². The predicted molar refractivity (Wildman–Crippen MR) is 76.3 cm³/mol. The molecule has 18 heavy (non-hydrogen) atoms. The fourth-order valence-electron chi connectivity index (χ4n) is 2.54. The Kier molecular flexibility index (Phi) is 4.28. The maximum absolute atomic E-state index is 5.94. The summed E-state index contributed by atoms with van der Waals surface area (Å²) in [6.07, 6.45) is 2.54. The van der Waals surface area contributed by atoms with Crippen LogP contribution in [0.3, 0.4) is 0 Å². The third-order valence-electron chi connectivity index (χ3n) is 3.61. The lowest BCUT2D eigenvalue weighted by molar-refractivity contribution is 0.166. The first-order chi connectivity index (χ1) is 8.61. The first-order valence-corrected chi connectivity index (χ1v) is 7.15. The monoisotopic (exact) mass is 247 g/mol. The molecule has 1 heterocycles. The van der Waals surface area contributed by atoms with Gasteiger partial charge in [0, 0.05) is 18.0 Å². The molecule has 0 fully saturated rings. The number of fused-ring (bicyclic) bond motifs is 1. The Balaban J connectivity index is 2.28. The summed E-state index contributed by atoms with van der Waals surface area (Å²) in [6.45, 7) is 9.91. The van der Waals surface area contributed by atoms with Gasteiger partial charge in [0.05, 0.1) is 6.10 Å². The molecule has 2 heteroatoms. The Morgan fingerprint density at radius 1 is 1.39 bits per heavy atom. The Labute approximate surface area is 111 Å². The topological polar surface area (TPSA) is 21.3 Å². The lowest BCUT2D eigenvalue weighted by atomic mass is 9.92. The van der Waals surface area contributed by atoms with Crippen LogP contribution in [0.4, 0.5) is 0 Å². The maximum atomic E-state index is 5.94. The Bertz CT molecular complexity index is 400. The number of ether oxygens (including phenoxy) is 1. The highest BCUT2D eigenvalue weighted by atomic mass is 16.5. The second kappa shape index (κ2) is 5.75. The molecule has 0 bridgehead atoms. The fourth-order valence-corrected chi connectivity index (χ4v) is 2.54. The largest absolute Gasteiger partial charge is 0.490 e. The molecule has 0 aliphatic carbocycles. The van der Waals surface area contributed by atoms with Gasteiger partial charge in [-0.25, -0.2) is 0 Å². The second-order valence-electron chi connectivity index (χ2n) is 5.62. The van der Waals surface area contributed by atoms with Gasteiger partial charge in [-0.15, -0.1) is 0 Å². The van der Waals surface area contributed by atoms with Crippen LogP contribution in [-0.2, 0) is 0 Å². The zero-order chi connectivity index (χ0) is 13.1. The fraction of sp³-hybridized carbons (Fsp3) is 0.625. The third kappa shape index (κ3) is 2.86. The summed E-state index contributed by atoms with van der Waals surface area (Å²) < 4.78 is 5.94. The molecule has 2 unspecified atom stereocenters. The zero-order valence-electron chi connectivity index (χ0n) is 12.0. The Morgan fingerprint density at radius 2 is 2.17 bits per heavy atom. The van der Waals surface area contributed by atoms with Crippen LogP contribution in [0.1, 0.15) is 63.6 Å². The van der Waals surface area contributed by atoms with Gasteiger partial charge < -0.3 is 10.1 Å². The van der Waals surface area contributed by atoms with Gasteiger partial charge in [0.2, 0.25) is 0 Å². The highest BCUT2D eigenvalue weighted by Gasteiger charge is 2.25. The normalized spacial score (nSPS) is 22.7. The SMILES string of the molecule is CCCNC1CC(C)Oc2ccc(C(C)C)cc21. The Morgan fingerprint density at radius 3 is 2.83 bits per heavy atom. The molecule has 0 amide bonds. The molecule has 1 N–H and O–H groups in total. The lowest BCUT2D eigenvalue weighted by Crippen LogP contribution is -2.32. The number of nitrogens with one attached hydrogen (secondary N) is 1. The van der Waals surface area contributed by atoms with Crippen LogP contribution in [0, 0.1) is 0 Å². The smallest absolute Gasteiger partial charge is 0.124 e. The molecule has 2 nitrogen and oxygen atoms in total. The third-order valence-corrected chi connectivity index (χ3v) is 3.61. The summed E-state index contributed by atoms with van der Waals surface area (Å²) in [4.78, 5) is 0. The molecule has 0 saturated carbocycles. The van der Waals surface area contributed by atoms with E-state index in [1.165, 1.54) is 17.5 Å². The van der Waals surface area contributed by atoms with Crippen LogP contribution >= 0.6 is 0 Å². The van der Waals surface area contributed by atoms with E-state index < -0.39 is 0 Å². The molecule has 1 aromatic rings. The summed E-state index contributed by atoms with van der Waals surface area (Å²) in [5, 5.41) is 3.64. The van der Waals surface area contributed by atoms with Crippen LogP contribution in [0.5, 0.6) is 5.75 Å². The molecule has 100 valence electrons. The molecule has 2 atom stereocenters. The van der Waals surface area contributed by atoms with Crippen molar-refractivity contribution >= 4 is 0 Å². The average Bonchev–Trinajstić information content (AvgIpc) is 2.35. The van der Waals surface area contributed by atoms with Crippen molar-refractivity contribution < 1.29 is 4.74 Å². The van der Waals surface area contributed by atoms with E-state index in [1.54, 1.807) is 0 Å². The minimum Gasteiger partial charge on any atom is -0.490 e. The number of benzene rings is 1. The van der Waals surface area contributed by atoms with Crippen LogP contribution in [0.25, 0.3) is 0 Å². The van der Waals surface area contributed by atoms with E-state index in [1.807, 2.05) is 0 Å². The Hall–Kier alpha value is -1.02. The van der Waals surface area contributed by atoms with E-state index in [9.17, 15) is 0 Å². The van der Waals surface area contributed by atoms with Crippen LogP contribution < -0.4 is 10.1 Å². The van der Waals surface area contributed by atoms with Crippen LogP contribution in [-0.4, -0.2) is 12.6 Å². The van der Waals surface area contributed by atoms with Crippen molar-refractivity contribution in [3.8, 4) is 5.75 Å². The molecular formula is C16H25NO. The molecule has 0 spiro atoms. The molecule has 0 radical (unpaired) electrons. The predicted octanol–water partition coefficient (Wildman–Crippen LogP) is 4.02. The molecular weight excluding hydrogens is 222 g/mol. The van der Waals surface area contributed by atoms with Crippen molar-refractivity contribution in [3.05, 3.63) is 29.3 Å². The number of rotatable bonds is 4. The molecule has 2 rings (SSSR count).